The number of carbonyl (C=O) groups is 2. The van der Waals surface area contributed by atoms with Crippen LogP contribution < -0.4 is 5.32 Å². The number of hydrogen-bond donors (Lipinski definition) is 1. The molecule has 0 fully saturated rings. The lowest BCUT2D eigenvalue weighted by Crippen LogP contribution is -2.23. The highest BCUT2D eigenvalue weighted by atomic mass is 35.5. The second-order valence-electron chi connectivity index (χ2n) is 4.84. The number of anilines is 1. The van der Waals surface area contributed by atoms with Gasteiger partial charge < -0.3 is 10.1 Å². The number of tetrazole rings is 1. The molecule has 3 rings (SSSR count). The van der Waals surface area contributed by atoms with E-state index in [2.05, 4.69) is 20.7 Å². The molecule has 1 N–H and O–H groups in total. The minimum absolute atomic E-state index is 0.233. The molecule has 2 aromatic heterocycles. The molecule has 1 amide bonds. The molecular formula is C15H12ClN5O3S. The van der Waals surface area contributed by atoms with Crippen molar-refractivity contribution in [3.8, 4) is 10.7 Å². The van der Waals surface area contributed by atoms with E-state index in [1.165, 1.54) is 11.3 Å². The molecule has 0 saturated heterocycles. The first-order valence-corrected chi connectivity index (χ1v) is 8.38. The van der Waals surface area contributed by atoms with Gasteiger partial charge in [-0.2, -0.15) is 4.80 Å². The summed E-state index contributed by atoms with van der Waals surface area (Å²) in [7, 11) is 0. The van der Waals surface area contributed by atoms with E-state index >= 15 is 0 Å². The number of ether oxygens (including phenoxy) is 1. The number of thiophene rings is 1. The number of hydrogen-bond acceptors (Lipinski definition) is 7. The zero-order chi connectivity index (χ0) is 17.6. The molecule has 1 aromatic carbocycles. The molecule has 0 aliphatic carbocycles. The zero-order valence-corrected chi connectivity index (χ0v) is 14.3. The van der Waals surface area contributed by atoms with Crippen LogP contribution in [0.2, 0.25) is 5.02 Å². The Labute approximate surface area is 151 Å². The number of nitrogens with zero attached hydrogens (tertiary/aromatic N) is 4. The van der Waals surface area contributed by atoms with Crippen LogP contribution in [0.15, 0.2) is 41.8 Å². The highest BCUT2D eigenvalue weighted by Gasteiger charge is 2.12. The van der Waals surface area contributed by atoms with Gasteiger partial charge in [0.05, 0.1) is 4.88 Å². The summed E-state index contributed by atoms with van der Waals surface area (Å²) in [4.78, 5) is 25.5. The molecule has 8 nitrogen and oxygen atoms in total. The van der Waals surface area contributed by atoms with Crippen LogP contribution in [0.3, 0.4) is 0 Å². The first-order chi connectivity index (χ1) is 12.1. The van der Waals surface area contributed by atoms with Crippen molar-refractivity contribution in [2.75, 3.05) is 11.9 Å². The Bertz CT molecular complexity index is 881. The van der Waals surface area contributed by atoms with Gasteiger partial charge in [-0.1, -0.05) is 23.7 Å². The Balaban J connectivity index is 1.47. The standard InChI is InChI=1S/C15H12ClN5O3S/c16-10-3-1-4-11(7-10)17-13(22)9-24-14(23)8-21-19-15(18-20-21)12-5-2-6-25-12/h1-7H,8-9H2,(H,17,22). The van der Waals surface area contributed by atoms with Crippen molar-refractivity contribution in [2.45, 2.75) is 6.54 Å². The molecule has 0 bridgehead atoms. The van der Waals surface area contributed by atoms with E-state index in [9.17, 15) is 9.59 Å². The van der Waals surface area contributed by atoms with Gasteiger partial charge in [-0.25, -0.2) is 4.79 Å². The zero-order valence-electron chi connectivity index (χ0n) is 12.8. The van der Waals surface area contributed by atoms with E-state index < -0.39 is 18.5 Å². The summed E-state index contributed by atoms with van der Waals surface area (Å²) >= 11 is 7.29. The fourth-order valence-electron chi connectivity index (χ4n) is 1.89. The number of benzene rings is 1. The average Bonchev–Trinajstić information content (AvgIpc) is 3.24. The summed E-state index contributed by atoms with van der Waals surface area (Å²) in [6.07, 6.45) is 0. The van der Waals surface area contributed by atoms with Crippen LogP contribution >= 0.6 is 22.9 Å². The maximum absolute atomic E-state index is 11.8. The van der Waals surface area contributed by atoms with Crippen molar-refractivity contribution >= 4 is 40.5 Å². The number of amides is 1. The van der Waals surface area contributed by atoms with Crippen LogP contribution in [0.5, 0.6) is 0 Å². The average molecular weight is 378 g/mol. The van der Waals surface area contributed by atoms with E-state index in [4.69, 9.17) is 16.3 Å². The summed E-state index contributed by atoms with van der Waals surface area (Å²) < 4.78 is 4.90. The molecule has 0 saturated carbocycles. The normalized spacial score (nSPS) is 10.4. The molecular weight excluding hydrogens is 366 g/mol. The number of esters is 1. The molecule has 2 heterocycles. The Morgan fingerprint density at radius 1 is 1.28 bits per heavy atom. The minimum atomic E-state index is -0.642. The first kappa shape index (κ1) is 17.1. The molecule has 0 spiro atoms. The fraction of sp³-hybridized carbons (Fsp3) is 0.133. The van der Waals surface area contributed by atoms with Gasteiger partial charge in [0, 0.05) is 10.7 Å². The van der Waals surface area contributed by atoms with Gasteiger partial charge in [0.15, 0.2) is 13.2 Å². The van der Waals surface area contributed by atoms with Crippen molar-refractivity contribution in [3.05, 3.63) is 46.8 Å². The number of halogens is 1. The number of carbonyl (C=O) groups excluding carboxylic acids is 2. The predicted molar refractivity (Wildman–Crippen MR) is 92.2 cm³/mol. The van der Waals surface area contributed by atoms with E-state index in [1.807, 2.05) is 17.5 Å². The Hall–Kier alpha value is -2.78. The number of rotatable bonds is 6. The van der Waals surface area contributed by atoms with E-state index in [1.54, 1.807) is 24.3 Å². The first-order valence-electron chi connectivity index (χ1n) is 7.13. The quantitative estimate of drug-likeness (QED) is 0.661. The summed E-state index contributed by atoms with van der Waals surface area (Å²) in [6, 6.07) is 10.4. The van der Waals surface area contributed by atoms with Crippen LogP contribution in [-0.2, 0) is 20.9 Å². The summed E-state index contributed by atoms with van der Waals surface area (Å²) in [6.45, 7) is -0.652. The van der Waals surface area contributed by atoms with Gasteiger partial charge in [-0.15, -0.1) is 21.5 Å². The molecule has 0 radical (unpaired) electrons. The predicted octanol–water partition coefficient (Wildman–Crippen LogP) is 2.24. The van der Waals surface area contributed by atoms with Gasteiger partial charge >= 0.3 is 5.97 Å². The maximum atomic E-state index is 11.8. The summed E-state index contributed by atoms with van der Waals surface area (Å²) in [5.74, 6) is -0.681. The lowest BCUT2D eigenvalue weighted by atomic mass is 10.3. The molecule has 0 aliphatic rings. The van der Waals surface area contributed by atoms with Crippen LogP contribution in [0, 0.1) is 0 Å². The van der Waals surface area contributed by atoms with Crippen molar-refractivity contribution in [1.29, 1.82) is 0 Å². The smallest absolute Gasteiger partial charge is 0.330 e. The Morgan fingerprint density at radius 2 is 2.16 bits per heavy atom. The molecule has 25 heavy (non-hydrogen) atoms. The van der Waals surface area contributed by atoms with Crippen molar-refractivity contribution < 1.29 is 14.3 Å². The highest BCUT2D eigenvalue weighted by molar-refractivity contribution is 7.13. The van der Waals surface area contributed by atoms with Crippen molar-refractivity contribution in [3.63, 3.8) is 0 Å². The van der Waals surface area contributed by atoms with Crippen LogP contribution in [0.4, 0.5) is 5.69 Å². The minimum Gasteiger partial charge on any atom is -0.454 e. The largest absolute Gasteiger partial charge is 0.454 e. The van der Waals surface area contributed by atoms with Gasteiger partial charge in [0.2, 0.25) is 5.82 Å². The second-order valence-corrected chi connectivity index (χ2v) is 6.22. The van der Waals surface area contributed by atoms with Crippen LogP contribution in [0.1, 0.15) is 0 Å². The third kappa shape index (κ3) is 4.85. The molecule has 10 heteroatoms. The molecule has 128 valence electrons. The van der Waals surface area contributed by atoms with Gasteiger partial charge in [-0.05, 0) is 34.9 Å². The van der Waals surface area contributed by atoms with Crippen molar-refractivity contribution in [1.82, 2.24) is 20.2 Å². The molecule has 0 unspecified atom stereocenters. The Morgan fingerprint density at radius 3 is 2.92 bits per heavy atom. The lowest BCUT2D eigenvalue weighted by Gasteiger charge is -2.06. The lowest BCUT2D eigenvalue weighted by molar-refractivity contribution is -0.148. The highest BCUT2D eigenvalue weighted by Crippen LogP contribution is 2.19. The van der Waals surface area contributed by atoms with Gasteiger partial charge in [-0.3, -0.25) is 4.79 Å². The third-order valence-electron chi connectivity index (χ3n) is 2.94. The molecule has 0 atom stereocenters. The number of aromatic nitrogens is 4. The van der Waals surface area contributed by atoms with Gasteiger partial charge in [0.25, 0.3) is 5.91 Å². The van der Waals surface area contributed by atoms with E-state index in [0.29, 0.717) is 16.5 Å². The fourth-order valence-corrected chi connectivity index (χ4v) is 2.72. The van der Waals surface area contributed by atoms with Gasteiger partial charge in [0.1, 0.15) is 0 Å². The van der Waals surface area contributed by atoms with Crippen LogP contribution in [0.25, 0.3) is 10.7 Å². The maximum Gasteiger partial charge on any atom is 0.330 e. The topological polar surface area (TPSA) is 99.0 Å². The summed E-state index contributed by atoms with van der Waals surface area (Å²) in [5, 5.41) is 16.7. The molecule has 0 aliphatic heterocycles. The summed E-state index contributed by atoms with van der Waals surface area (Å²) in [5.41, 5.74) is 0.520. The molecule has 3 aromatic rings. The monoisotopic (exact) mass is 377 g/mol. The van der Waals surface area contributed by atoms with Crippen LogP contribution in [-0.4, -0.2) is 38.7 Å². The number of nitrogens with one attached hydrogen (secondary N) is 1. The Kier molecular flexibility index (Phi) is 5.36. The third-order valence-corrected chi connectivity index (χ3v) is 4.04. The van der Waals surface area contributed by atoms with Crippen molar-refractivity contribution in [2.24, 2.45) is 0 Å². The second kappa shape index (κ2) is 7.86. The SMILES string of the molecule is O=C(COC(=O)Cn1nnc(-c2cccs2)n1)Nc1cccc(Cl)c1. The van der Waals surface area contributed by atoms with E-state index in [-0.39, 0.29) is 6.54 Å². The van der Waals surface area contributed by atoms with E-state index in [0.717, 1.165) is 9.67 Å².